The van der Waals surface area contributed by atoms with E-state index in [1.165, 1.54) is 0 Å². The molecule has 1 amide bonds. The summed E-state index contributed by atoms with van der Waals surface area (Å²) >= 11 is 0. The van der Waals surface area contributed by atoms with E-state index < -0.39 is 0 Å². The van der Waals surface area contributed by atoms with Gasteiger partial charge in [0, 0.05) is 6.20 Å². The summed E-state index contributed by atoms with van der Waals surface area (Å²) in [4.78, 5) is 19.0. The monoisotopic (exact) mass is 234 g/mol. The number of hydrogen-bond donors (Lipinski definition) is 2. The van der Waals surface area contributed by atoms with Gasteiger partial charge in [-0.2, -0.15) is 0 Å². The zero-order valence-corrected chi connectivity index (χ0v) is 10.4. The average molecular weight is 234 g/mol. The van der Waals surface area contributed by atoms with Crippen molar-refractivity contribution in [2.45, 2.75) is 32.7 Å². The van der Waals surface area contributed by atoms with E-state index in [2.05, 4.69) is 20.6 Å². The van der Waals surface area contributed by atoms with E-state index in [0.29, 0.717) is 12.4 Å². The van der Waals surface area contributed by atoms with E-state index in [0.717, 1.165) is 12.1 Å². The summed E-state index contributed by atoms with van der Waals surface area (Å²) in [5.74, 6) is 0.430. The van der Waals surface area contributed by atoms with Crippen molar-refractivity contribution >= 4 is 18.1 Å². The van der Waals surface area contributed by atoms with Gasteiger partial charge in [-0.25, -0.2) is 4.99 Å². The minimum absolute atomic E-state index is 0.222. The van der Waals surface area contributed by atoms with Crippen LogP contribution in [0.3, 0.4) is 0 Å². The van der Waals surface area contributed by atoms with Gasteiger partial charge in [-0.15, -0.1) is 0 Å². The van der Waals surface area contributed by atoms with E-state index in [1.54, 1.807) is 12.4 Å². The van der Waals surface area contributed by atoms with Crippen LogP contribution in [-0.2, 0) is 4.79 Å². The van der Waals surface area contributed by atoms with Gasteiger partial charge in [0.15, 0.2) is 0 Å². The fraction of sp³-hybridized carbons (Fsp3) is 0.417. The molecule has 0 aliphatic carbocycles. The Labute approximate surface area is 101 Å². The fourth-order valence-electron chi connectivity index (χ4n) is 1.11. The van der Waals surface area contributed by atoms with E-state index in [1.807, 2.05) is 32.9 Å². The Balaban J connectivity index is 2.83. The number of carbonyl (C=O) groups is 1. The first-order valence-electron chi connectivity index (χ1n) is 5.54. The van der Waals surface area contributed by atoms with Gasteiger partial charge >= 0.3 is 0 Å². The zero-order chi connectivity index (χ0) is 12.7. The summed E-state index contributed by atoms with van der Waals surface area (Å²) in [6.07, 6.45) is 4.84. The Hall–Kier alpha value is -1.91. The van der Waals surface area contributed by atoms with Crippen molar-refractivity contribution in [1.29, 1.82) is 0 Å². The molecule has 5 heteroatoms. The maximum absolute atomic E-state index is 10.5. The molecule has 1 aromatic heterocycles. The van der Waals surface area contributed by atoms with Crippen molar-refractivity contribution in [3.8, 4) is 0 Å². The van der Waals surface area contributed by atoms with Crippen LogP contribution in [0.15, 0.2) is 29.5 Å². The summed E-state index contributed by atoms with van der Waals surface area (Å²) in [5, 5.41) is 5.57. The third-order valence-corrected chi connectivity index (χ3v) is 2.40. The highest BCUT2D eigenvalue weighted by molar-refractivity contribution is 5.99. The molecular weight excluding hydrogens is 216 g/mol. The second kappa shape index (κ2) is 5.98. The van der Waals surface area contributed by atoms with Crippen LogP contribution in [0.1, 0.15) is 27.2 Å². The molecule has 0 aromatic carbocycles. The van der Waals surface area contributed by atoms with Crippen molar-refractivity contribution < 1.29 is 4.79 Å². The van der Waals surface area contributed by atoms with Crippen LogP contribution in [0.4, 0.5) is 5.69 Å². The second-order valence-electron chi connectivity index (χ2n) is 4.26. The number of anilines is 1. The van der Waals surface area contributed by atoms with Crippen LogP contribution in [0, 0.1) is 0 Å². The molecule has 0 bridgehead atoms. The molecular formula is C12H18N4O. The quantitative estimate of drug-likeness (QED) is 0.474. The Kier molecular flexibility index (Phi) is 4.63. The molecule has 1 rings (SSSR count). The lowest BCUT2D eigenvalue weighted by molar-refractivity contribution is -0.108. The minimum atomic E-state index is -0.222. The van der Waals surface area contributed by atoms with Gasteiger partial charge in [0.05, 0.1) is 17.4 Å². The molecule has 0 atom stereocenters. The third-order valence-electron chi connectivity index (χ3n) is 2.40. The number of hydrogen-bond acceptors (Lipinski definition) is 3. The van der Waals surface area contributed by atoms with Crippen molar-refractivity contribution in [3.63, 3.8) is 0 Å². The number of guanidine groups is 1. The van der Waals surface area contributed by atoms with E-state index in [9.17, 15) is 4.79 Å². The molecule has 0 fully saturated rings. The molecule has 0 saturated heterocycles. The number of pyridine rings is 1. The highest BCUT2D eigenvalue weighted by Crippen LogP contribution is 2.13. The lowest BCUT2D eigenvalue weighted by atomic mass is 10.0. The summed E-state index contributed by atoms with van der Waals surface area (Å²) in [6.45, 7) is 6.06. The highest BCUT2D eigenvalue weighted by atomic mass is 16.1. The van der Waals surface area contributed by atoms with Gasteiger partial charge in [-0.3, -0.25) is 15.1 Å². The first kappa shape index (κ1) is 13.2. The number of rotatable bonds is 4. The Morgan fingerprint density at radius 2 is 2.35 bits per heavy atom. The highest BCUT2D eigenvalue weighted by Gasteiger charge is 2.14. The lowest BCUT2D eigenvalue weighted by Crippen LogP contribution is -2.33. The number of aromatic nitrogens is 1. The van der Waals surface area contributed by atoms with E-state index >= 15 is 0 Å². The van der Waals surface area contributed by atoms with E-state index in [-0.39, 0.29) is 5.54 Å². The first-order valence-corrected chi connectivity index (χ1v) is 5.54. The topological polar surface area (TPSA) is 66.4 Å². The van der Waals surface area contributed by atoms with Gasteiger partial charge in [-0.05, 0) is 32.4 Å². The molecule has 0 radical (unpaired) electrons. The molecule has 92 valence electrons. The SMILES string of the molecule is CCC(C)(C)N=C(NC=O)Nc1cccnc1. The normalized spacial score (nSPS) is 12.1. The van der Waals surface area contributed by atoms with Gasteiger partial charge < -0.3 is 5.32 Å². The summed E-state index contributed by atoms with van der Waals surface area (Å²) < 4.78 is 0. The first-order chi connectivity index (χ1) is 8.07. The maximum Gasteiger partial charge on any atom is 0.213 e. The molecule has 0 aliphatic heterocycles. The molecule has 1 heterocycles. The van der Waals surface area contributed by atoms with Gasteiger partial charge in [0.2, 0.25) is 12.4 Å². The van der Waals surface area contributed by atoms with Crippen molar-refractivity contribution in [1.82, 2.24) is 10.3 Å². The number of aliphatic imine (C=N–C) groups is 1. The van der Waals surface area contributed by atoms with Crippen LogP contribution in [0.2, 0.25) is 0 Å². The smallest absolute Gasteiger partial charge is 0.213 e. The predicted molar refractivity (Wildman–Crippen MR) is 68.9 cm³/mol. The predicted octanol–water partition coefficient (Wildman–Crippen LogP) is 1.78. The van der Waals surface area contributed by atoms with Crippen LogP contribution < -0.4 is 10.6 Å². The number of nitrogens with one attached hydrogen (secondary N) is 2. The largest absolute Gasteiger partial charge is 0.325 e. The lowest BCUT2D eigenvalue weighted by Gasteiger charge is -2.19. The summed E-state index contributed by atoms with van der Waals surface area (Å²) in [6, 6.07) is 3.67. The molecule has 5 nitrogen and oxygen atoms in total. The van der Waals surface area contributed by atoms with Gasteiger partial charge in [0.25, 0.3) is 0 Å². The zero-order valence-electron chi connectivity index (χ0n) is 10.4. The van der Waals surface area contributed by atoms with Gasteiger partial charge in [-0.1, -0.05) is 6.92 Å². The number of amides is 1. The van der Waals surface area contributed by atoms with Crippen molar-refractivity contribution in [2.24, 2.45) is 4.99 Å². The molecule has 2 N–H and O–H groups in total. The second-order valence-corrected chi connectivity index (χ2v) is 4.26. The van der Waals surface area contributed by atoms with Crippen LogP contribution in [0.25, 0.3) is 0 Å². The molecule has 0 saturated carbocycles. The Morgan fingerprint density at radius 3 is 2.88 bits per heavy atom. The molecule has 0 aliphatic rings. The van der Waals surface area contributed by atoms with Crippen molar-refractivity contribution in [2.75, 3.05) is 5.32 Å². The fourth-order valence-corrected chi connectivity index (χ4v) is 1.11. The van der Waals surface area contributed by atoms with E-state index in [4.69, 9.17) is 0 Å². The molecule has 1 aromatic rings. The summed E-state index contributed by atoms with van der Waals surface area (Å²) in [7, 11) is 0. The standard InChI is InChI=1S/C12H18N4O/c1-4-12(2,3)16-11(14-9-17)15-10-6-5-7-13-8-10/h5-9H,4H2,1-3H3,(H2,14,15,16,17). The number of nitrogens with zero attached hydrogens (tertiary/aromatic N) is 2. The third kappa shape index (κ3) is 4.63. The Bertz CT molecular complexity index is 387. The molecule has 0 unspecified atom stereocenters. The van der Waals surface area contributed by atoms with Gasteiger partial charge in [0.1, 0.15) is 0 Å². The number of carbonyl (C=O) groups excluding carboxylic acids is 1. The van der Waals surface area contributed by atoms with Crippen LogP contribution >= 0.6 is 0 Å². The molecule has 17 heavy (non-hydrogen) atoms. The molecule has 0 spiro atoms. The Morgan fingerprint density at radius 1 is 1.59 bits per heavy atom. The van der Waals surface area contributed by atoms with Crippen LogP contribution in [0.5, 0.6) is 0 Å². The minimum Gasteiger partial charge on any atom is -0.325 e. The maximum atomic E-state index is 10.5. The average Bonchev–Trinajstić information content (AvgIpc) is 2.30. The van der Waals surface area contributed by atoms with Crippen LogP contribution in [-0.4, -0.2) is 22.9 Å². The van der Waals surface area contributed by atoms with Crippen molar-refractivity contribution in [3.05, 3.63) is 24.5 Å². The summed E-state index contributed by atoms with van der Waals surface area (Å²) in [5.41, 5.74) is 0.563.